The van der Waals surface area contributed by atoms with Crippen molar-refractivity contribution in [1.82, 2.24) is 20.4 Å². The number of hydrogen-bond donors (Lipinski definition) is 2. The molecule has 28 heavy (non-hydrogen) atoms. The fraction of sp³-hybridized carbons (Fsp3) is 0.684. The number of hydrogen-bond acceptors (Lipinski definition) is 4. The molecule has 156 valence electrons. The summed E-state index contributed by atoms with van der Waals surface area (Å²) in [5.74, 6) is 0.745. The van der Waals surface area contributed by atoms with Gasteiger partial charge in [-0.2, -0.15) is 0 Å². The first-order chi connectivity index (χ1) is 12.9. The number of guanidine groups is 1. The van der Waals surface area contributed by atoms with E-state index in [1.807, 2.05) is 6.92 Å². The van der Waals surface area contributed by atoms with Crippen LogP contribution in [0.15, 0.2) is 17.1 Å². The first kappa shape index (κ1) is 22.6. The van der Waals surface area contributed by atoms with E-state index in [1.165, 1.54) is 4.90 Å². The number of rotatable bonds is 7. The number of imide groups is 1. The van der Waals surface area contributed by atoms with Crippen LogP contribution in [0.4, 0.5) is 0 Å². The van der Waals surface area contributed by atoms with Gasteiger partial charge in [-0.3, -0.25) is 24.3 Å². The second-order valence-electron chi connectivity index (χ2n) is 7.55. The van der Waals surface area contributed by atoms with Gasteiger partial charge < -0.3 is 15.5 Å². The molecule has 0 spiro atoms. The minimum atomic E-state index is -0.147. The van der Waals surface area contributed by atoms with Gasteiger partial charge in [0.2, 0.25) is 17.7 Å². The molecule has 0 aromatic heterocycles. The van der Waals surface area contributed by atoms with Gasteiger partial charge in [0.25, 0.3) is 0 Å². The van der Waals surface area contributed by atoms with Crippen LogP contribution in [0.1, 0.15) is 19.8 Å². The van der Waals surface area contributed by atoms with Crippen LogP contribution in [-0.4, -0.2) is 73.8 Å². The Balaban J connectivity index is 0.00000280. The monoisotopic (exact) mass is 503 g/mol. The third kappa shape index (κ3) is 4.49. The molecule has 1 saturated carbocycles. The highest BCUT2D eigenvalue weighted by atomic mass is 127. The molecule has 3 amide bonds. The largest absolute Gasteiger partial charge is 0.357 e. The molecule has 1 heterocycles. The van der Waals surface area contributed by atoms with E-state index < -0.39 is 0 Å². The Labute approximate surface area is 183 Å². The van der Waals surface area contributed by atoms with E-state index in [0.29, 0.717) is 38.6 Å². The average Bonchev–Trinajstić information content (AvgIpc) is 3.30. The Bertz CT molecular complexity index is 648. The minimum absolute atomic E-state index is 0. The molecule has 0 radical (unpaired) electrons. The Hall–Kier alpha value is -1.65. The highest BCUT2D eigenvalue weighted by molar-refractivity contribution is 14.0. The third-order valence-corrected chi connectivity index (χ3v) is 5.63. The lowest BCUT2D eigenvalue weighted by Gasteiger charge is -2.18. The Morgan fingerprint density at radius 1 is 1.18 bits per heavy atom. The Morgan fingerprint density at radius 3 is 2.32 bits per heavy atom. The average molecular weight is 503 g/mol. The normalized spacial score (nSPS) is 27.7. The summed E-state index contributed by atoms with van der Waals surface area (Å²) in [4.78, 5) is 44.3. The van der Waals surface area contributed by atoms with Crippen molar-refractivity contribution in [3.8, 4) is 0 Å². The summed E-state index contributed by atoms with van der Waals surface area (Å²) in [6, 6.07) is 0. The van der Waals surface area contributed by atoms with E-state index in [1.54, 1.807) is 19.0 Å². The van der Waals surface area contributed by atoms with Crippen LogP contribution in [0, 0.1) is 23.7 Å². The van der Waals surface area contributed by atoms with Crippen molar-refractivity contribution < 1.29 is 14.4 Å². The summed E-state index contributed by atoms with van der Waals surface area (Å²) < 4.78 is 0. The standard InChI is InChI=1S/C19H29N5O3.HI/c1-4-20-19(21-8-7-14(25)23(2)3)22-9-10-24-17(26)15-12-5-6-13(11-12)16(15)18(24)27;/h5-6,12-13,15-16H,4,7-11H2,1-3H3,(H2,20,21,22);1H. The maximum Gasteiger partial charge on any atom is 0.233 e. The topological polar surface area (TPSA) is 94.1 Å². The van der Waals surface area contributed by atoms with E-state index in [0.717, 1.165) is 6.42 Å². The molecule has 4 unspecified atom stereocenters. The number of carbonyl (C=O) groups excluding carboxylic acids is 3. The zero-order valence-electron chi connectivity index (χ0n) is 16.7. The lowest BCUT2D eigenvalue weighted by molar-refractivity contribution is -0.140. The number of amides is 3. The van der Waals surface area contributed by atoms with Gasteiger partial charge in [-0.15, -0.1) is 24.0 Å². The molecular formula is C19H30IN5O3. The summed E-state index contributed by atoms with van der Waals surface area (Å²) >= 11 is 0. The lowest BCUT2D eigenvalue weighted by atomic mass is 9.85. The van der Waals surface area contributed by atoms with Gasteiger partial charge in [-0.1, -0.05) is 12.2 Å². The number of likely N-dealkylation sites (tertiary alicyclic amines) is 1. The van der Waals surface area contributed by atoms with Crippen LogP contribution < -0.4 is 10.6 Å². The van der Waals surface area contributed by atoms with Gasteiger partial charge in [-0.25, -0.2) is 0 Å². The zero-order valence-corrected chi connectivity index (χ0v) is 19.0. The molecule has 1 aliphatic heterocycles. The lowest BCUT2D eigenvalue weighted by Crippen LogP contribution is -2.43. The van der Waals surface area contributed by atoms with Gasteiger partial charge in [0.05, 0.1) is 18.4 Å². The van der Waals surface area contributed by atoms with Crippen LogP contribution in [0.5, 0.6) is 0 Å². The smallest absolute Gasteiger partial charge is 0.233 e. The molecule has 3 aliphatic rings. The first-order valence-electron chi connectivity index (χ1n) is 9.70. The maximum atomic E-state index is 12.7. The number of aliphatic imine (C=N–C) groups is 1. The van der Waals surface area contributed by atoms with Crippen molar-refractivity contribution in [2.24, 2.45) is 28.7 Å². The molecule has 0 aromatic rings. The fourth-order valence-electron chi connectivity index (χ4n) is 4.30. The summed E-state index contributed by atoms with van der Waals surface area (Å²) in [6.45, 7) is 3.80. The SMILES string of the molecule is CCNC(=NCCC(=O)N(C)C)NCCN1C(=O)C2C3C=CC(C3)C2C1=O.I. The number of halogens is 1. The predicted molar refractivity (Wildman–Crippen MR) is 117 cm³/mol. The molecule has 8 nitrogen and oxygen atoms in total. The molecule has 2 aliphatic carbocycles. The number of fused-ring (bicyclic) bond motifs is 5. The molecule has 3 rings (SSSR count). The quantitative estimate of drug-likeness (QED) is 0.173. The van der Waals surface area contributed by atoms with Crippen molar-refractivity contribution in [3.63, 3.8) is 0 Å². The maximum absolute atomic E-state index is 12.7. The van der Waals surface area contributed by atoms with Crippen molar-refractivity contribution in [2.45, 2.75) is 19.8 Å². The van der Waals surface area contributed by atoms with Gasteiger partial charge in [-0.05, 0) is 25.2 Å². The van der Waals surface area contributed by atoms with E-state index in [4.69, 9.17) is 0 Å². The van der Waals surface area contributed by atoms with Crippen LogP contribution in [0.25, 0.3) is 0 Å². The molecule has 4 atom stereocenters. The van der Waals surface area contributed by atoms with Crippen molar-refractivity contribution in [1.29, 1.82) is 0 Å². The highest BCUT2D eigenvalue weighted by Gasteiger charge is 2.58. The number of nitrogens with zero attached hydrogens (tertiary/aromatic N) is 3. The molecule has 0 aromatic carbocycles. The highest BCUT2D eigenvalue weighted by Crippen LogP contribution is 2.52. The minimum Gasteiger partial charge on any atom is -0.357 e. The van der Waals surface area contributed by atoms with Crippen LogP contribution >= 0.6 is 24.0 Å². The van der Waals surface area contributed by atoms with Gasteiger partial charge in [0.1, 0.15) is 0 Å². The van der Waals surface area contributed by atoms with Gasteiger partial charge in [0.15, 0.2) is 5.96 Å². The van der Waals surface area contributed by atoms with Crippen molar-refractivity contribution >= 4 is 47.7 Å². The summed E-state index contributed by atoms with van der Waals surface area (Å²) in [6.07, 6.45) is 5.49. The van der Waals surface area contributed by atoms with Crippen LogP contribution in [-0.2, 0) is 14.4 Å². The molecule has 1 saturated heterocycles. The summed E-state index contributed by atoms with van der Waals surface area (Å²) in [7, 11) is 3.44. The third-order valence-electron chi connectivity index (χ3n) is 5.63. The summed E-state index contributed by atoms with van der Waals surface area (Å²) in [5.41, 5.74) is 0. The molecule has 2 N–H and O–H groups in total. The molecule has 9 heteroatoms. The number of carbonyl (C=O) groups is 3. The molecule has 2 bridgehead atoms. The Morgan fingerprint density at radius 2 is 1.79 bits per heavy atom. The fourth-order valence-corrected chi connectivity index (χ4v) is 4.30. The van der Waals surface area contributed by atoms with Crippen LogP contribution in [0.2, 0.25) is 0 Å². The predicted octanol–water partition coefficient (Wildman–Crippen LogP) is 0.445. The van der Waals surface area contributed by atoms with E-state index in [2.05, 4.69) is 27.8 Å². The first-order valence-corrected chi connectivity index (χ1v) is 9.70. The summed E-state index contributed by atoms with van der Waals surface area (Å²) in [5, 5.41) is 6.26. The van der Waals surface area contributed by atoms with Gasteiger partial charge in [0, 0.05) is 40.2 Å². The Kier molecular flexibility index (Phi) is 7.85. The van der Waals surface area contributed by atoms with E-state index in [-0.39, 0.29) is 65.4 Å². The molecule has 2 fully saturated rings. The van der Waals surface area contributed by atoms with E-state index >= 15 is 0 Å². The molecular weight excluding hydrogens is 473 g/mol. The van der Waals surface area contributed by atoms with Crippen LogP contribution in [0.3, 0.4) is 0 Å². The van der Waals surface area contributed by atoms with Gasteiger partial charge >= 0.3 is 0 Å². The number of allylic oxidation sites excluding steroid dienone is 2. The van der Waals surface area contributed by atoms with Crippen molar-refractivity contribution in [3.05, 3.63) is 12.2 Å². The van der Waals surface area contributed by atoms with E-state index in [9.17, 15) is 14.4 Å². The van der Waals surface area contributed by atoms with Crippen molar-refractivity contribution in [2.75, 3.05) is 40.3 Å². The number of nitrogens with one attached hydrogen (secondary N) is 2. The second-order valence-corrected chi connectivity index (χ2v) is 7.55. The second kappa shape index (κ2) is 9.71. The zero-order chi connectivity index (χ0) is 19.6.